The van der Waals surface area contributed by atoms with Crippen LogP contribution in [0, 0.1) is 0 Å². The maximum atomic E-state index is 10.0. The van der Waals surface area contributed by atoms with Crippen LogP contribution in [0.2, 0.25) is 0 Å². The van der Waals surface area contributed by atoms with E-state index in [-0.39, 0.29) is 5.75 Å². The minimum absolute atomic E-state index is 0.186. The van der Waals surface area contributed by atoms with Crippen molar-refractivity contribution >= 4 is 15.9 Å². The van der Waals surface area contributed by atoms with Crippen LogP contribution in [0.3, 0.4) is 0 Å². The zero-order valence-electron chi connectivity index (χ0n) is 10.7. The molecule has 0 spiro atoms. The number of halogens is 1. The lowest BCUT2D eigenvalue weighted by molar-refractivity contribution is 0.369. The van der Waals surface area contributed by atoms with Crippen LogP contribution in [0.5, 0.6) is 11.5 Å². The predicted molar refractivity (Wildman–Crippen MR) is 79.3 cm³/mol. The Morgan fingerprint density at radius 1 is 1.16 bits per heavy atom. The molecule has 2 aromatic carbocycles. The van der Waals surface area contributed by atoms with Gasteiger partial charge in [-0.1, -0.05) is 46.3 Å². The van der Waals surface area contributed by atoms with Gasteiger partial charge in [0.15, 0.2) is 11.5 Å². The Kier molecular flexibility index (Phi) is 4.82. The Morgan fingerprint density at radius 2 is 1.89 bits per heavy atom. The Labute approximate surface area is 121 Å². The Hall–Kier alpha value is -1.52. The first-order chi connectivity index (χ1) is 9.20. The lowest BCUT2D eigenvalue weighted by atomic mass is 10.1. The summed E-state index contributed by atoms with van der Waals surface area (Å²) in [6, 6.07) is 13.8. The van der Waals surface area contributed by atoms with E-state index in [0.717, 1.165) is 16.6 Å². The van der Waals surface area contributed by atoms with Gasteiger partial charge in [0.1, 0.15) is 0 Å². The fourth-order valence-corrected chi connectivity index (χ4v) is 2.34. The topological polar surface area (TPSA) is 41.5 Å². The van der Waals surface area contributed by atoms with Crippen LogP contribution in [-0.2, 0) is 13.1 Å². The summed E-state index contributed by atoms with van der Waals surface area (Å²) in [5.41, 5.74) is 2.02. The van der Waals surface area contributed by atoms with Gasteiger partial charge in [0.05, 0.1) is 7.11 Å². The fraction of sp³-hybridized carbons (Fsp3) is 0.200. The summed E-state index contributed by atoms with van der Waals surface area (Å²) in [5, 5.41) is 13.3. The summed E-state index contributed by atoms with van der Waals surface area (Å²) in [6.07, 6.45) is 0. The molecule has 0 fully saturated rings. The number of phenolic OH excluding ortho intramolecular Hbond substituents is 1. The molecule has 0 unspecified atom stereocenters. The van der Waals surface area contributed by atoms with Crippen molar-refractivity contribution in [1.82, 2.24) is 5.32 Å². The summed E-state index contributed by atoms with van der Waals surface area (Å²) in [5.74, 6) is 0.664. The first-order valence-corrected chi connectivity index (χ1v) is 6.80. The van der Waals surface area contributed by atoms with Gasteiger partial charge in [-0.05, 0) is 17.7 Å². The smallest absolute Gasteiger partial charge is 0.162 e. The predicted octanol–water partition coefficient (Wildman–Crippen LogP) is 3.45. The first-order valence-electron chi connectivity index (χ1n) is 6.00. The molecular formula is C15H16BrNO2. The molecule has 0 atom stereocenters. The van der Waals surface area contributed by atoms with E-state index in [4.69, 9.17) is 4.74 Å². The lowest BCUT2D eigenvalue weighted by Gasteiger charge is -2.11. The number of ether oxygens (including phenoxy) is 1. The standard InChI is InChI=1S/C15H16BrNO2/c1-19-14-8-13(16)7-12(15(14)18)10-17-9-11-5-3-2-4-6-11/h2-8,17-18H,9-10H2,1H3. The highest BCUT2D eigenvalue weighted by atomic mass is 79.9. The molecule has 2 aromatic rings. The second kappa shape index (κ2) is 6.59. The van der Waals surface area contributed by atoms with Gasteiger partial charge < -0.3 is 15.2 Å². The van der Waals surface area contributed by atoms with Crippen LogP contribution >= 0.6 is 15.9 Å². The van der Waals surface area contributed by atoms with E-state index in [1.165, 1.54) is 5.56 Å². The molecule has 19 heavy (non-hydrogen) atoms. The number of methoxy groups -OCH3 is 1. The molecule has 0 aliphatic heterocycles. The molecule has 0 aliphatic carbocycles. The van der Waals surface area contributed by atoms with Crippen LogP contribution in [0.15, 0.2) is 46.9 Å². The van der Waals surface area contributed by atoms with Crippen LogP contribution in [-0.4, -0.2) is 12.2 Å². The summed E-state index contributed by atoms with van der Waals surface area (Å²) in [4.78, 5) is 0. The van der Waals surface area contributed by atoms with E-state index < -0.39 is 0 Å². The highest BCUT2D eigenvalue weighted by Crippen LogP contribution is 2.33. The van der Waals surface area contributed by atoms with E-state index in [2.05, 4.69) is 33.4 Å². The van der Waals surface area contributed by atoms with Gasteiger partial charge in [0.2, 0.25) is 0 Å². The molecule has 100 valence electrons. The van der Waals surface area contributed by atoms with Crippen LogP contribution in [0.4, 0.5) is 0 Å². The minimum atomic E-state index is 0.186. The van der Waals surface area contributed by atoms with Crippen LogP contribution in [0.25, 0.3) is 0 Å². The summed E-state index contributed by atoms with van der Waals surface area (Å²) in [6.45, 7) is 1.34. The summed E-state index contributed by atoms with van der Waals surface area (Å²) in [7, 11) is 1.54. The maximum Gasteiger partial charge on any atom is 0.162 e. The number of rotatable bonds is 5. The fourth-order valence-electron chi connectivity index (χ4n) is 1.86. The molecule has 0 saturated heterocycles. The molecular weight excluding hydrogens is 306 g/mol. The number of nitrogens with one attached hydrogen (secondary N) is 1. The van der Waals surface area contributed by atoms with Crippen LogP contribution in [0.1, 0.15) is 11.1 Å². The van der Waals surface area contributed by atoms with E-state index in [1.807, 2.05) is 24.3 Å². The SMILES string of the molecule is COc1cc(Br)cc(CNCc2ccccc2)c1O. The first kappa shape index (κ1) is 13.9. The van der Waals surface area contributed by atoms with Gasteiger partial charge in [0.25, 0.3) is 0 Å². The Morgan fingerprint density at radius 3 is 2.58 bits per heavy atom. The van der Waals surface area contributed by atoms with E-state index in [9.17, 15) is 5.11 Å². The van der Waals surface area contributed by atoms with Gasteiger partial charge in [-0.25, -0.2) is 0 Å². The molecule has 3 nitrogen and oxygen atoms in total. The van der Waals surface area contributed by atoms with Crippen molar-refractivity contribution in [2.45, 2.75) is 13.1 Å². The average molecular weight is 322 g/mol. The lowest BCUT2D eigenvalue weighted by Crippen LogP contribution is -2.12. The molecule has 0 bridgehead atoms. The van der Waals surface area contributed by atoms with Crippen molar-refractivity contribution in [3.8, 4) is 11.5 Å². The molecule has 0 aliphatic rings. The van der Waals surface area contributed by atoms with Gasteiger partial charge >= 0.3 is 0 Å². The van der Waals surface area contributed by atoms with Gasteiger partial charge in [-0.2, -0.15) is 0 Å². The quantitative estimate of drug-likeness (QED) is 0.886. The molecule has 0 saturated carbocycles. The number of benzene rings is 2. The van der Waals surface area contributed by atoms with E-state index in [0.29, 0.717) is 12.3 Å². The molecule has 0 radical (unpaired) electrons. The Balaban J connectivity index is 2.02. The molecule has 0 heterocycles. The van der Waals surface area contributed by atoms with Crippen molar-refractivity contribution in [3.05, 3.63) is 58.1 Å². The van der Waals surface area contributed by atoms with Gasteiger partial charge in [0, 0.05) is 23.1 Å². The number of hydrogen-bond donors (Lipinski definition) is 2. The molecule has 2 rings (SSSR count). The normalized spacial score (nSPS) is 10.4. The molecule has 0 amide bonds. The Bertz CT molecular complexity index is 543. The second-order valence-corrected chi connectivity index (χ2v) is 5.12. The molecule has 2 N–H and O–H groups in total. The maximum absolute atomic E-state index is 10.0. The third-order valence-electron chi connectivity index (χ3n) is 2.83. The number of phenols is 1. The summed E-state index contributed by atoms with van der Waals surface area (Å²) < 4.78 is 6.01. The van der Waals surface area contributed by atoms with Crippen molar-refractivity contribution < 1.29 is 9.84 Å². The zero-order valence-corrected chi connectivity index (χ0v) is 12.3. The number of aromatic hydroxyl groups is 1. The van der Waals surface area contributed by atoms with Crippen molar-refractivity contribution in [2.75, 3.05) is 7.11 Å². The van der Waals surface area contributed by atoms with Crippen molar-refractivity contribution in [1.29, 1.82) is 0 Å². The third-order valence-corrected chi connectivity index (χ3v) is 3.28. The van der Waals surface area contributed by atoms with Crippen LogP contribution < -0.4 is 10.1 Å². The molecule has 0 aromatic heterocycles. The van der Waals surface area contributed by atoms with Crippen molar-refractivity contribution in [3.63, 3.8) is 0 Å². The van der Waals surface area contributed by atoms with Crippen molar-refractivity contribution in [2.24, 2.45) is 0 Å². The van der Waals surface area contributed by atoms with Gasteiger partial charge in [-0.15, -0.1) is 0 Å². The zero-order chi connectivity index (χ0) is 13.7. The van der Waals surface area contributed by atoms with E-state index in [1.54, 1.807) is 13.2 Å². The highest BCUT2D eigenvalue weighted by molar-refractivity contribution is 9.10. The number of hydrogen-bond acceptors (Lipinski definition) is 3. The van der Waals surface area contributed by atoms with E-state index >= 15 is 0 Å². The largest absolute Gasteiger partial charge is 0.504 e. The summed E-state index contributed by atoms with van der Waals surface area (Å²) >= 11 is 3.41. The van der Waals surface area contributed by atoms with Gasteiger partial charge in [-0.3, -0.25) is 0 Å². The average Bonchev–Trinajstić information content (AvgIpc) is 2.43. The monoisotopic (exact) mass is 321 g/mol. The minimum Gasteiger partial charge on any atom is -0.504 e. The third kappa shape index (κ3) is 3.72. The highest BCUT2D eigenvalue weighted by Gasteiger charge is 2.09. The molecule has 4 heteroatoms. The second-order valence-electron chi connectivity index (χ2n) is 4.20.